The van der Waals surface area contributed by atoms with Crippen molar-refractivity contribution < 1.29 is 14.4 Å². The lowest BCUT2D eigenvalue weighted by Crippen LogP contribution is -2.49. The van der Waals surface area contributed by atoms with Crippen molar-refractivity contribution in [3.63, 3.8) is 0 Å². The van der Waals surface area contributed by atoms with Gasteiger partial charge in [0.1, 0.15) is 5.54 Å². The molecule has 2 aromatic carbocycles. The van der Waals surface area contributed by atoms with Gasteiger partial charge >= 0.3 is 6.03 Å². The quantitative estimate of drug-likeness (QED) is 0.315. The van der Waals surface area contributed by atoms with Crippen LogP contribution >= 0.6 is 11.8 Å². The molecule has 10 heteroatoms. The van der Waals surface area contributed by atoms with E-state index >= 15 is 0 Å². The Morgan fingerprint density at radius 3 is 2.45 bits per heavy atom. The van der Waals surface area contributed by atoms with Crippen LogP contribution in [-0.4, -0.2) is 38.2 Å². The van der Waals surface area contributed by atoms with Gasteiger partial charge in [-0.05, 0) is 31.0 Å². The van der Waals surface area contributed by atoms with Gasteiger partial charge in [0.05, 0.1) is 16.7 Å². The number of amides is 4. The summed E-state index contributed by atoms with van der Waals surface area (Å²) in [6.45, 7) is 4.01. The molecule has 2 N–H and O–H groups in total. The maximum absolute atomic E-state index is 13.1. The highest BCUT2D eigenvalue weighted by Crippen LogP contribution is 2.31. The van der Waals surface area contributed by atoms with E-state index in [0.717, 1.165) is 16.8 Å². The van der Waals surface area contributed by atoms with E-state index in [2.05, 4.69) is 15.7 Å². The van der Waals surface area contributed by atoms with Crippen LogP contribution < -0.4 is 16.3 Å². The molecule has 1 unspecified atom stereocenters. The Morgan fingerprint density at radius 2 is 1.76 bits per heavy atom. The number of nitrogens with one attached hydrogen (secondary N) is 2. The second-order valence-electron chi connectivity index (χ2n) is 7.48. The molecule has 1 fully saturated rings. The minimum atomic E-state index is -1.23. The van der Waals surface area contributed by atoms with Gasteiger partial charge in [0.15, 0.2) is 5.16 Å². The molecule has 33 heavy (non-hydrogen) atoms. The summed E-state index contributed by atoms with van der Waals surface area (Å²) in [5.74, 6) is -1.24. The number of imide groups is 1. The van der Waals surface area contributed by atoms with Crippen molar-refractivity contribution in [1.29, 1.82) is 0 Å². The minimum Gasteiger partial charge on any atom is -0.318 e. The number of carbonyl (C=O) groups is 3. The Labute approximate surface area is 194 Å². The van der Waals surface area contributed by atoms with Crippen LogP contribution in [0.15, 0.2) is 64.5 Å². The van der Waals surface area contributed by atoms with Gasteiger partial charge in [0.25, 0.3) is 11.5 Å². The molecule has 1 atom stereocenters. The SMILES string of the molecule is CCn1c(SCC(=O)NN2C(=O)NC(CC)(c3ccccc3)C2=O)nc2ccccc2c1=O. The van der Waals surface area contributed by atoms with Crippen molar-refractivity contribution in [3.05, 3.63) is 70.5 Å². The minimum absolute atomic E-state index is 0.133. The molecule has 0 spiro atoms. The van der Waals surface area contributed by atoms with Gasteiger partial charge in [-0.15, -0.1) is 0 Å². The van der Waals surface area contributed by atoms with Gasteiger partial charge < -0.3 is 5.32 Å². The molecule has 1 aromatic heterocycles. The number of fused-ring (bicyclic) bond motifs is 1. The smallest absolute Gasteiger partial charge is 0.318 e. The second kappa shape index (κ2) is 9.07. The third-order valence-corrected chi connectivity index (χ3v) is 6.58. The lowest BCUT2D eigenvalue weighted by molar-refractivity contribution is -0.138. The van der Waals surface area contributed by atoms with Crippen LogP contribution in [-0.2, 0) is 21.7 Å². The van der Waals surface area contributed by atoms with Gasteiger partial charge in [-0.3, -0.25) is 24.4 Å². The average Bonchev–Trinajstić information content (AvgIpc) is 3.08. The molecule has 0 bridgehead atoms. The number of urea groups is 1. The van der Waals surface area contributed by atoms with E-state index in [9.17, 15) is 19.2 Å². The molecule has 4 amide bonds. The van der Waals surface area contributed by atoms with E-state index < -0.39 is 23.4 Å². The number of carbonyl (C=O) groups excluding carboxylic acids is 3. The van der Waals surface area contributed by atoms with Gasteiger partial charge in [-0.25, -0.2) is 9.78 Å². The highest BCUT2D eigenvalue weighted by Gasteiger charge is 2.52. The van der Waals surface area contributed by atoms with E-state index in [0.29, 0.717) is 34.6 Å². The number of hydrogen-bond acceptors (Lipinski definition) is 6. The fourth-order valence-electron chi connectivity index (χ4n) is 3.86. The Kier molecular flexibility index (Phi) is 6.19. The molecule has 170 valence electrons. The number of hydrogen-bond donors (Lipinski definition) is 2. The first kappa shape index (κ1) is 22.5. The van der Waals surface area contributed by atoms with Crippen molar-refractivity contribution >= 4 is 40.5 Å². The fourth-order valence-corrected chi connectivity index (χ4v) is 4.72. The lowest BCUT2D eigenvalue weighted by atomic mass is 9.87. The van der Waals surface area contributed by atoms with Crippen molar-refractivity contribution in [3.8, 4) is 0 Å². The summed E-state index contributed by atoms with van der Waals surface area (Å²) in [5.41, 5.74) is 2.16. The monoisotopic (exact) mass is 465 g/mol. The number of para-hydroxylation sites is 1. The Morgan fingerprint density at radius 1 is 1.06 bits per heavy atom. The van der Waals surface area contributed by atoms with Gasteiger partial charge in [-0.2, -0.15) is 5.01 Å². The molecule has 1 saturated heterocycles. The lowest BCUT2D eigenvalue weighted by Gasteiger charge is -2.25. The van der Waals surface area contributed by atoms with Crippen molar-refractivity contribution in [2.75, 3.05) is 5.75 Å². The van der Waals surface area contributed by atoms with E-state index in [-0.39, 0.29) is 11.3 Å². The third kappa shape index (κ3) is 3.97. The molecular formula is C23H23N5O4S. The van der Waals surface area contributed by atoms with Crippen LogP contribution in [0.4, 0.5) is 4.79 Å². The summed E-state index contributed by atoms with van der Waals surface area (Å²) < 4.78 is 1.49. The van der Waals surface area contributed by atoms with Crippen LogP contribution in [0.1, 0.15) is 25.8 Å². The number of aromatic nitrogens is 2. The normalized spacial score (nSPS) is 17.9. The molecule has 1 aliphatic rings. The zero-order chi connectivity index (χ0) is 23.6. The van der Waals surface area contributed by atoms with Gasteiger partial charge in [0, 0.05) is 6.54 Å². The molecule has 0 aliphatic carbocycles. The molecule has 3 aromatic rings. The molecule has 0 radical (unpaired) electrons. The first-order valence-corrected chi connectivity index (χ1v) is 11.5. The van der Waals surface area contributed by atoms with Crippen molar-refractivity contribution in [2.45, 2.75) is 37.5 Å². The number of nitrogens with zero attached hydrogens (tertiary/aromatic N) is 3. The summed E-state index contributed by atoms with van der Waals surface area (Å²) in [6.07, 6.45) is 0.326. The standard InChI is InChI=1S/C23H23N5O4S/c1-3-23(15-10-6-5-7-11-15)20(31)28(21(32)25-23)26-18(29)14-33-22-24-17-13-9-8-12-16(17)19(30)27(22)4-2/h5-13H,3-4,14H2,1-2H3,(H,25,32)(H,26,29). The Bertz CT molecular complexity index is 1290. The highest BCUT2D eigenvalue weighted by atomic mass is 32.2. The van der Waals surface area contributed by atoms with Crippen molar-refractivity contribution in [1.82, 2.24) is 25.3 Å². The van der Waals surface area contributed by atoms with Crippen LogP contribution in [0, 0.1) is 0 Å². The predicted molar refractivity (Wildman–Crippen MR) is 124 cm³/mol. The Hall–Kier alpha value is -3.66. The third-order valence-electron chi connectivity index (χ3n) is 5.60. The van der Waals surface area contributed by atoms with Crippen molar-refractivity contribution in [2.24, 2.45) is 0 Å². The summed E-state index contributed by atoms with van der Waals surface area (Å²) >= 11 is 1.07. The summed E-state index contributed by atoms with van der Waals surface area (Å²) in [5, 5.41) is 4.33. The predicted octanol–water partition coefficient (Wildman–Crippen LogP) is 2.40. The Balaban J connectivity index is 1.50. The van der Waals surface area contributed by atoms with Crippen LogP contribution in [0.25, 0.3) is 10.9 Å². The topological polar surface area (TPSA) is 113 Å². The van der Waals surface area contributed by atoms with Crippen LogP contribution in [0.5, 0.6) is 0 Å². The fraction of sp³-hybridized carbons (Fsp3) is 0.261. The highest BCUT2D eigenvalue weighted by molar-refractivity contribution is 7.99. The largest absolute Gasteiger partial charge is 0.344 e. The zero-order valence-electron chi connectivity index (χ0n) is 18.2. The number of thioether (sulfide) groups is 1. The maximum atomic E-state index is 13.1. The average molecular weight is 466 g/mol. The number of hydrazine groups is 1. The molecule has 1 aliphatic heterocycles. The summed E-state index contributed by atoms with van der Waals surface area (Å²) in [6, 6.07) is 15.2. The molecular weight excluding hydrogens is 442 g/mol. The molecule has 2 heterocycles. The molecule has 9 nitrogen and oxygen atoms in total. The summed E-state index contributed by atoms with van der Waals surface area (Å²) in [4.78, 5) is 55.5. The zero-order valence-corrected chi connectivity index (χ0v) is 19.0. The van der Waals surface area contributed by atoms with E-state index in [1.165, 1.54) is 4.57 Å². The number of benzene rings is 2. The second-order valence-corrected chi connectivity index (χ2v) is 8.42. The first-order chi connectivity index (χ1) is 15.9. The first-order valence-electron chi connectivity index (χ1n) is 10.6. The summed E-state index contributed by atoms with van der Waals surface area (Å²) in [7, 11) is 0. The van der Waals surface area contributed by atoms with E-state index in [1.54, 1.807) is 55.5 Å². The molecule has 4 rings (SSSR count). The van der Waals surface area contributed by atoms with E-state index in [1.807, 2.05) is 13.0 Å². The molecule has 0 saturated carbocycles. The maximum Gasteiger partial charge on any atom is 0.344 e. The van der Waals surface area contributed by atoms with Crippen LogP contribution in [0.3, 0.4) is 0 Å². The van der Waals surface area contributed by atoms with Gasteiger partial charge in [0.2, 0.25) is 5.91 Å². The van der Waals surface area contributed by atoms with Crippen LogP contribution in [0.2, 0.25) is 0 Å². The van der Waals surface area contributed by atoms with Gasteiger partial charge in [-0.1, -0.05) is 61.2 Å². The number of rotatable bonds is 7. The van der Waals surface area contributed by atoms with E-state index in [4.69, 9.17) is 0 Å².